The molecule has 0 fully saturated rings. The Hall–Kier alpha value is -2.34. The van der Waals surface area contributed by atoms with E-state index in [1.54, 1.807) is 25.4 Å². The molecular formula is C11H12N4O2. The van der Waals surface area contributed by atoms with Crippen molar-refractivity contribution < 1.29 is 4.74 Å². The second-order valence-corrected chi connectivity index (χ2v) is 3.27. The van der Waals surface area contributed by atoms with E-state index in [1.165, 1.54) is 10.8 Å². The van der Waals surface area contributed by atoms with Gasteiger partial charge in [-0.15, -0.1) is 0 Å². The first-order valence-electron chi connectivity index (χ1n) is 4.95. The monoisotopic (exact) mass is 232 g/mol. The average Bonchev–Trinajstić information content (AvgIpc) is 2.39. The number of ether oxygens (including phenoxy) is 1. The first kappa shape index (κ1) is 11.2. The number of nitrogen functional groups attached to an aromatic ring is 1. The van der Waals surface area contributed by atoms with Crippen LogP contribution in [0.25, 0.3) is 5.69 Å². The third kappa shape index (κ3) is 1.98. The Labute approximate surface area is 97.6 Å². The van der Waals surface area contributed by atoms with Gasteiger partial charge in [-0.3, -0.25) is 9.36 Å². The maximum Gasteiger partial charge on any atom is 0.299 e. The molecule has 2 rings (SSSR count). The molecule has 0 radical (unpaired) electrons. The van der Waals surface area contributed by atoms with Crippen LogP contribution in [0.15, 0.2) is 41.5 Å². The number of aromatic nitrogens is 2. The van der Waals surface area contributed by atoms with Gasteiger partial charge in [0.05, 0.1) is 12.8 Å². The van der Waals surface area contributed by atoms with Crippen molar-refractivity contribution in [2.24, 2.45) is 5.84 Å². The van der Waals surface area contributed by atoms with Gasteiger partial charge in [0, 0.05) is 12.4 Å². The minimum Gasteiger partial charge on any atom is -0.495 e. The lowest BCUT2D eigenvalue weighted by molar-refractivity contribution is 0.412. The fourth-order valence-electron chi connectivity index (χ4n) is 1.53. The van der Waals surface area contributed by atoms with Gasteiger partial charge in [0.2, 0.25) is 5.82 Å². The first-order valence-corrected chi connectivity index (χ1v) is 4.95. The van der Waals surface area contributed by atoms with Crippen LogP contribution in [0.2, 0.25) is 0 Å². The number of anilines is 1. The van der Waals surface area contributed by atoms with Crippen LogP contribution in [-0.2, 0) is 0 Å². The Morgan fingerprint density at radius 3 is 2.88 bits per heavy atom. The summed E-state index contributed by atoms with van der Waals surface area (Å²) >= 11 is 0. The Morgan fingerprint density at radius 1 is 1.41 bits per heavy atom. The van der Waals surface area contributed by atoms with Crippen molar-refractivity contribution in [3.63, 3.8) is 0 Å². The molecular weight excluding hydrogens is 220 g/mol. The molecule has 2 aromatic rings. The molecule has 0 unspecified atom stereocenters. The smallest absolute Gasteiger partial charge is 0.299 e. The Bertz CT molecular complexity index is 580. The Kier molecular flexibility index (Phi) is 3.06. The van der Waals surface area contributed by atoms with Crippen molar-refractivity contribution >= 4 is 5.82 Å². The summed E-state index contributed by atoms with van der Waals surface area (Å²) in [5.74, 6) is 5.89. The van der Waals surface area contributed by atoms with E-state index in [4.69, 9.17) is 10.6 Å². The van der Waals surface area contributed by atoms with Crippen molar-refractivity contribution in [1.29, 1.82) is 0 Å². The summed E-state index contributed by atoms with van der Waals surface area (Å²) in [5, 5.41) is 0. The van der Waals surface area contributed by atoms with Gasteiger partial charge in [0.15, 0.2) is 0 Å². The van der Waals surface area contributed by atoms with Crippen LogP contribution in [0.5, 0.6) is 5.75 Å². The second kappa shape index (κ2) is 4.67. The standard InChI is InChI=1S/C11H12N4O2/c1-17-9-5-3-2-4-8(9)15-7-6-13-10(14-12)11(15)16/h2-7H,12H2,1H3,(H,13,14). The largest absolute Gasteiger partial charge is 0.495 e. The molecule has 3 N–H and O–H groups in total. The van der Waals surface area contributed by atoms with Crippen LogP contribution < -0.4 is 21.6 Å². The van der Waals surface area contributed by atoms with Gasteiger partial charge in [-0.1, -0.05) is 12.1 Å². The van der Waals surface area contributed by atoms with Crippen LogP contribution in [0.1, 0.15) is 0 Å². The summed E-state index contributed by atoms with van der Waals surface area (Å²) in [6.45, 7) is 0. The molecule has 0 saturated carbocycles. The van der Waals surface area contributed by atoms with Gasteiger partial charge in [0.25, 0.3) is 5.56 Å². The normalized spacial score (nSPS) is 10.0. The fraction of sp³-hybridized carbons (Fsp3) is 0.0909. The highest BCUT2D eigenvalue weighted by molar-refractivity contribution is 5.48. The van der Waals surface area contributed by atoms with E-state index in [0.717, 1.165) is 0 Å². The Morgan fingerprint density at radius 2 is 2.18 bits per heavy atom. The fourth-order valence-corrected chi connectivity index (χ4v) is 1.53. The number of rotatable bonds is 3. The van der Waals surface area contributed by atoms with Crippen LogP contribution in [0.3, 0.4) is 0 Å². The highest BCUT2D eigenvalue weighted by Crippen LogP contribution is 2.20. The van der Waals surface area contributed by atoms with Crippen LogP contribution in [-0.4, -0.2) is 16.7 Å². The molecule has 6 heteroatoms. The molecule has 17 heavy (non-hydrogen) atoms. The van der Waals surface area contributed by atoms with Crippen LogP contribution >= 0.6 is 0 Å². The number of nitrogens with zero attached hydrogens (tertiary/aromatic N) is 2. The number of methoxy groups -OCH3 is 1. The van der Waals surface area contributed by atoms with E-state index in [2.05, 4.69) is 10.4 Å². The number of benzene rings is 1. The number of hydrazine groups is 1. The zero-order valence-corrected chi connectivity index (χ0v) is 9.25. The highest BCUT2D eigenvalue weighted by atomic mass is 16.5. The topological polar surface area (TPSA) is 82.2 Å². The van der Waals surface area contributed by atoms with Gasteiger partial charge < -0.3 is 10.2 Å². The van der Waals surface area contributed by atoms with Crippen molar-refractivity contribution in [1.82, 2.24) is 9.55 Å². The van der Waals surface area contributed by atoms with E-state index in [1.807, 2.05) is 12.1 Å². The van der Waals surface area contributed by atoms with Crippen molar-refractivity contribution in [2.75, 3.05) is 12.5 Å². The summed E-state index contributed by atoms with van der Waals surface area (Å²) in [7, 11) is 1.55. The SMILES string of the molecule is COc1ccccc1-n1ccnc(NN)c1=O. The predicted octanol–water partition coefficient (Wildman–Crippen LogP) is 0.527. The van der Waals surface area contributed by atoms with E-state index in [-0.39, 0.29) is 11.4 Å². The minimum absolute atomic E-state index is 0.0819. The number of nitrogens with one attached hydrogen (secondary N) is 1. The summed E-state index contributed by atoms with van der Waals surface area (Å²) in [6, 6.07) is 7.20. The highest BCUT2D eigenvalue weighted by Gasteiger charge is 2.08. The predicted molar refractivity (Wildman–Crippen MR) is 64.2 cm³/mol. The lowest BCUT2D eigenvalue weighted by atomic mass is 10.3. The van der Waals surface area contributed by atoms with Gasteiger partial charge in [-0.2, -0.15) is 0 Å². The quantitative estimate of drug-likeness (QED) is 0.595. The molecule has 0 spiro atoms. The molecule has 0 aliphatic carbocycles. The number of para-hydroxylation sites is 2. The zero-order chi connectivity index (χ0) is 12.3. The average molecular weight is 232 g/mol. The molecule has 0 amide bonds. The zero-order valence-electron chi connectivity index (χ0n) is 9.25. The molecule has 1 aromatic carbocycles. The number of hydrogen-bond acceptors (Lipinski definition) is 5. The van der Waals surface area contributed by atoms with E-state index >= 15 is 0 Å². The van der Waals surface area contributed by atoms with E-state index < -0.39 is 0 Å². The lowest BCUT2D eigenvalue weighted by Gasteiger charge is -2.10. The summed E-state index contributed by atoms with van der Waals surface area (Å²) < 4.78 is 6.61. The summed E-state index contributed by atoms with van der Waals surface area (Å²) in [4.78, 5) is 15.8. The molecule has 0 aliphatic rings. The third-order valence-corrected chi connectivity index (χ3v) is 2.32. The third-order valence-electron chi connectivity index (χ3n) is 2.32. The summed E-state index contributed by atoms with van der Waals surface area (Å²) in [5.41, 5.74) is 2.56. The molecule has 0 bridgehead atoms. The van der Waals surface area contributed by atoms with E-state index in [9.17, 15) is 4.79 Å². The molecule has 0 aliphatic heterocycles. The molecule has 1 aromatic heterocycles. The summed E-state index contributed by atoms with van der Waals surface area (Å²) in [6.07, 6.45) is 3.05. The van der Waals surface area contributed by atoms with Gasteiger partial charge in [-0.05, 0) is 12.1 Å². The molecule has 88 valence electrons. The van der Waals surface area contributed by atoms with Crippen molar-refractivity contribution in [2.45, 2.75) is 0 Å². The number of nitrogens with two attached hydrogens (primary N) is 1. The lowest BCUT2D eigenvalue weighted by Crippen LogP contribution is -2.25. The van der Waals surface area contributed by atoms with Crippen LogP contribution in [0, 0.1) is 0 Å². The molecule has 6 nitrogen and oxygen atoms in total. The van der Waals surface area contributed by atoms with Gasteiger partial charge in [0.1, 0.15) is 5.75 Å². The number of hydrogen-bond donors (Lipinski definition) is 2. The maximum atomic E-state index is 12.0. The second-order valence-electron chi connectivity index (χ2n) is 3.27. The molecule has 0 saturated heterocycles. The van der Waals surface area contributed by atoms with Crippen molar-refractivity contribution in [3.05, 3.63) is 47.0 Å². The molecule has 1 heterocycles. The first-order chi connectivity index (χ1) is 8.27. The molecule has 0 atom stereocenters. The van der Waals surface area contributed by atoms with Crippen LogP contribution in [0.4, 0.5) is 5.82 Å². The Balaban J connectivity index is 2.65. The minimum atomic E-state index is -0.334. The van der Waals surface area contributed by atoms with E-state index in [0.29, 0.717) is 11.4 Å². The van der Waals surface area contributed by atoms with Gasteiger partial charge in [-0.25, -0.2) is 10.8 Å². The van der Waals surface area contributed by atoms with Gasteiger partial charge >= 0.3 is 0 Å². The maximum absolute atomic E-state index is 12.0. The van der Waals surface area contributed by atoms with Crippen molar-refractivity contribution in [3.8, 4) is 11.4 Å².